The summed E-state index contributed by atoms with van der Waals surface area (Å²) in [6, 6.07) is 1.76. The first-order chi connectivity index (χ1) is 8.76. The summed E-state index contributed by atoms with van der Waals surface area (Å²) < 4.78 is 10.2. The molecule has 0 aliphatic heterocycles. The summed E-state index contributed by atoms with van der Waals surface area (Å²) in [7, 11) is 1.66. The van der Waals surface area contributed by atoms with Gasteiger partial charge in [0, 0.05) is 26.3 Å². The number of anilines is 2. The molecule has 7 nitrogen and oxygen atoms in total. The van der Waals surface area contributed by atoms with E-state index in [1.165, 1.54) is 0 Å². The van der Waals surface area contributed by atoms with Gasteiger partial charge in [-0.15, -0.1) is 0 Å². The zero-order valence-corrected chi connectivity index (χ0v) is 10.9. The fourth-order valence-corrected chi connectivity index (χ4v) is 1.37. The Morgan fingerprint density at radius 3 is 2.72 bits per heavy atom. The standard InChI is InChI=1S/C11H21N5O2/c1-9-14-10(8-11(15-9)16-12)13-4-3-5-18-7-6-17-2/h8H,3-7,12H2,1-2H3,(H2,13,14,15,16). The maximum absolute atomic E-state index is 5.35. The van der Waals surface area contributed by atoms with Crippen molar-refractivity contribution in [1.29, 1.82) is 0 Å². The van der Waals surface area contributed by atoms with E-state index >= 15 is 0 Å². The SMILES string of the molecule is COCCOCCCNc1cc(NN)nc(C)n1. The van der Waals surface area contributed by atoms with Gasteiger partial charge in [-0.2, -0.15) is 0 Å². The third-order valence-corrected chi connectivity index (χ3v) is 2.19. The van der Waals surface area contributed by atoms with Crippen molar-refractivity contribution >= 4 is 11.6 Å². The molecule has 102 valence electrons. The third kappa shape index (κ3) is 5.76. The van der Waals surface area contributed by atoms with Gasteiger partial charge in [0.25, 0.3) is 0 Å². The van der Waals surface area contributed by atoms with Crippen molar-refractivity contribution in [2.45, 2.75) is 13.3 Å². The van der Waals surface area contributed by atoms with Crippen molar-refractivity contribution < 1.29 is 9.47 Å². The number of nitrogens with zero attached hydrogens (tertiary/aromatic N) is 2. The lowest BCUT2D eigenvalue weighted by atomic mass is 10.4. The molecule has 1 aromatic heterocycles. The molecule has 4 N–H and O–H groups in total. The number of aromatic nitrogens is 2. The molecule has 0 bridgehead atoms. The van der Waals surface area contributed by atoms with Crippen LogP contribution in [0.5, 0.6) is 0 Å². The number of ether oxygens (including phenoxy) is 2. The topological polar surface area (TPSA) is 94.3 Å². The van der Waals surface area contributed by atoms with Gasteiger partial charge in [0.1, 0.15) is 17.5 Å². The van der Waals surface area contributed by atoms with Crippen LogP contribution >= 0.6 is 0 Å². The number of nitrogen functional groups attached to an aromatic ring is 1. The van der Waals surface area contributed by atoms with Gasteiger partial charge >= 0.3 is 0 Å². The molecule has 0 fully saturated rings. The second-order valence-electron chi connectivity index (χ2n) is 3.72. The fourth-order valence-electron chi connectivity index (χ4n) is 1.37. The van der Waals surface area contributed by atoms with Crippen LogP contribution < -0.4 is 16.6 Å². The van der Waals surface area contributed by atoms with Crippen LogP contribution in [0.25, 0.3) is 0 Å². The first-order valence-electron chi connectivity index (χ1n) is 5.89. The number of nitrogens with one attached hydrogen (secondary N) is 2. The van der Waals surface area contributed by atoms with E-state index in [0.29, 0.717) is 31.5 Å². The Balaban J connectivity index is 2.20. The lowest BCUT2D eigenvalue weighted by molar-refractivity contribution is 0.0705. The molecule has 0 aliphatic carbocycles. The highest BCUT2D eigenvalue weighted by molar-refractivity contribution is 5.46. The van der Waals surface area contributed by atoms with E-state index < -0.39 is 0 Å². The van der Waals surface area contributed by atoms with E-state index in [0.717, 1.165) is 18.8 Å². The number of nitrogens with two attached hydrogens (primary N) is 1. The molecule has 1 aromatic rings. The van der Waals surface area contributed by atoms with Crippen molar-refractivity contribution in [3.8, 4) is 0 Å². The number of aryl methyl sites for hydroxylation is 1. The molecule has 1 rings (SSSR count). The summed E-state index contributed by atoms with van der Waals surface area (Å²) in [6.07, 6.45) is 0.901. The fraction of sp³-hybridized carbons (Fsp3) is 0.636. The smallest absolute Gasteiger partial charge is 0.145 e. The van der Waals surface area contributed by atoms with Crippen molar-refractivity contribution in [2.75, 3.05) is 44.2 Å². The normalized spacial score (nSPS) is 10.4. The van der Waals surface area contributed by atoms with Gasteiger partial charge in [-0.25, -0.2) is 15.8 Å². The number of rotatable bonds is 9. The third-order valence-electron chi connectivity index (χ3n) is 2.19. The van der Waals surface area contributed by atoms with E-state index in [9.17, 15) is 0 Å². The van der Waals surface area contributed by atoms with Crippen LogP contribution in [0.15, 0.2) is 6.07 Å². The summed E-state index contributed by atoms with van der Waals surface area (Å²) in [4.78, 5) is 8.36. The monoisotopic (exact) mass is 255 g/mol. The molecule has 0 unspecified atom stereocenters. The lowest BCUT2D eigenvalue weighted by Crippen LogP contribution is -2.12. The van der Waals surface area contributed by atoms with E-state index in [-0.39, 0.29) is 0 Å². The zero-order chi connectivity index (χ0) is 13.2. The molecule has 0 saturated carbocycles. The average molecular weight is 255 g/mol. The summed E-state index contributed by atoms with van der Waals surface area (Å²) in [5, 5.41) is 3.19. The molecule has 1 heterocycles. The molecule has 0 radical (unpaired) electrons. The number of hydrazine groups is 1. The Bertz CT molecular complexity index is 348. The molecule has 0 aromatic carbocycles. The van der Waals surface area contributed by atoms with Gasteiger partial charge in [-0.1, -0.05) is 0 Å². The first kappa shape index (κ1) is 14.6. The Morgan fingerprint density at radius 1 is 1.22 bits per heavy atom. The highest BCUT2D eigenvalue weighted by Crippen LogP contribution is 2.09. The largest absolute Gasteiger partial charge is 0.382 e. The van der Waals surface area contributed by atoms with Crippen molar-refractivity contribution in [2.24, 2.45) is 5.84 Å². The predicted molar refractivity (Wildman–Crippen MR) is 70.4 cm³/mol. The maximum Gasteiger partial charge on any atom is 0.145 e. The summed E-state index contributed by atoms with van der Waals surface area (Å²) in [5.41, 5.74) is 2.50. The molecule has 0 saturated heterocycles. The molecule has 0 spiro atoms. The molecule has 0 atom stereocenters. The summed E-state index contributed by atoms with van der Waals surface area (Å²) in [5.74, 6) is 7.34. The second kappa shape index (κ2) is 8.62. The Hall–Kier alpha value is -1.44. The van der Waals surface area contributed by atoms with Crippen LogP contribution in [0.2, 0.25) is 0 Å². The van der Waals surface area contributed by atoms with Crippen LogP contribution in [0.1, 0.15) is 12.2 Å². The Kier molecular flexibility index (Phi) is 7.00. The molecule has 0 amide bonds. The van der Waals surface area contributed by atoms with Crippen molar-refractivity contribution in [1.82, 2.24) is 9.97 Å². The molecular weight excluding hydrogens is 234 g/mol. The minimum atomic E-state index is 0.598. The van der Waals surface area contributed by atoms with Gasteiger partial charge in [0.2, 0.25) is 0 Å². The first-order valence-corrected chi connectivity index (χ1v) is 5.89. The van der Waals surface area contributed by atoms with Crippen LogP contribution in [0, 0.1) is 6.92 Å². The second-order valence-corrected chi connectivity index (χ2v) is 3.72. The van der Waals surface area contributed by atoms with Crippen LogP contribution in [0.3, 0.4) is 0 Å². The zero-order valence-electron chi connectivity index (χ0n) is 10.9. The predicted octanol–water partition coefficient (Wildman–Crippen LogP) is 0.536. The van der Waals surface area contributed by atoms with Crippen molar-refractivity contribution in [3.05, 3.63) is 11.9 Å². The van der Waals surface area contributed by atoms with Crippen molar-refractivity contribution in [3.63, 3.8) is 0 Å². The molecule has 18 heavy (non-hydrogen) atoms. The van der Waals surface area contributed by atoms with Gasteiger partial charge in [-0.3, -0.25) is 0 Å². The molecular formula is C11H21N5O2. The minimum absolute atomic E-state index is 0.598. The average Bonchev–Trinajstić information content (AvgIpc) is 2.37. The maximum atomic E-state index is 5.35. The summed E-state index contributed by atoms with van der Waals surface area (Å²) in [6.45, 7) is 4.56. The van der Waals surface area contributed by atoms with Gasteiger partial charge in [0.05, 0.1) is 13.2 Å². The number of hydrogen-bond acceptors (Lipinski definition) is 7. The quantitative estimate of drug-likeness (QED) is 0.337. The molecule has 7 heteroatoms. The lowest BCUT2D eigenvalue weighted by Gasteiger charge is -2.08. The highest BCUT2D eigenvalue weighted by atomic mass is 16.5. The van der Waals surface area contributed by atoms with E-state index in [4.69, 9.17) is 15.3 Å². The highest BCUT2D eigenvalue weighted by Gasteiger charge is 1.99. The number of methoxy groups -OCH3 is 1. The summed E-state index contributed by atoms with van der Waals surface area (Å²) >= 11 is 0. The Morgan fingerprint density at radius 2 is 2.00 bits per heavy atom. The van der Waals surface area contributed by atoms with Crippen LogP contribution in [0.4, 0.5) is 11.6 Å². The van der Waals surface area contributed by atoms with Gasteiger partial charge in [0.15, 0.2) is 0 Å². The number of hydrogen-bond donors (Lipinski definition) is 3. The van der Waals surface area contributed by atoms with E-state index in [1.54, 1.807) is 13.2 Å². The van der Waals surface area contributed by atoms with Crippen LogP contribution in [-0.4, -0.2) is 43.4 Å². The Labute approximate surface area is 107 Å². The van der Waals surface area contributed by atoms with Gasteiger partial charge in [-0.05, 0) is 13.3 Å². The minimum Gasteiger partial charge on any atom is -0.382 e. The van der Waals surface area contributed by atoms with E-state index in [1.807, 2.05) is 6.92 Å². The molecule has 0 aliphatic rings. The van der Waals surface area contributed by atoms with Gasteiger partial charge < -0.3 is 20.2 Å². The van der Waals surface area contributed by atoms with Crippen LogP contribution in [-0.2, 0) is 9.47 Å². The van der Waals surface area contributed by atoms with E-state index in [2.05, 4.69) is 20.7 Å².